The summed E-state index contributed by atoms with van der Waals surface area (Å²) in [5, 5.41) is 4.51. The van der Waals surface area contributed by atoms with Crippen molar-refractivity contribution in [3.63, 3.8) is 0 Å². The predicted octanol–water partition coefficient (Wildman–Crippen LogP) is 2.10. The van der Waals surface area contributed by atoms with Gasteiger partial charge in [0, 0.05) is 7.05 Å². The molecule has 0 N–H and O–H groups in total. The van der Waals surface area contributed by atoms with Crippen LogP contribution in [0.2, 0.25) is 0 Å². The molecule has 15 heavy (non-hydrogen) atoms. The van der Waals surface area contributed by atoms with Crippen LogP contribution in [0.5, 0.6) is 0 Å². The molecule has 2 rings (SSSR count). The van der Waals surface area contributed by atoms with Crippen molar-refractivity contribution >= 4 is 11.0 Å². The van der Waals surface area contributed by atoms with Crippen LogP contribution in [0.25, 0.3) is 11.0 Å². The second-order valence-corrected chi connectivity index (χ2v) is 4.22. The van der Waals surface area contributed by atoms with Gasteiger partial charge in [-0.25, -0.2) is 9.97 Å². The number of aryl methyl sites for hydroxylation is 3. The van der Waals surface area contributed by atoms with E-state index in [9.17, 15) is 0 Å². The number of aromatic nitrogens is 4. The van der Waals surface area contributed by atoms with Crippen molar-refractivity contribution in [1.82, 2.24) is 19.7 Å². The Bertz CT molecular complexity index is 511. The quantitative estimate of drug-likeness (QED) is 0.714. The Morgan fingerprint density at radius 2 is 1.80 bits per heavy atom. The zero-order valence-electron chi connectivity index (χ0n) is 9.87. The van der Waals surface area contributed by atoms with Crippen LogP contribution in [-0.4, -0.2) is 19.7 Å². The SMILES string of the molecule is Cc1nc(C)c2c(n1)c(C(C)C)nn2C. The van der Waals surface area contributed by atoms with Gasteiger partial charge in [0.15, 0.2) is 0 Å². The molecule has 0 atom stereocenters. The lowest BCUT2D eigenvalue weighted by Gasteiger charge is -2.01. The molecule has 0 spiro atoms. The van der Waals surface area contributed by atoms with E-state index in [0.717, 1.165) is 28.2 Å². The first-order valence-electron chi connectivity index (χ1n) is 5.18. The minimum atomic E-state index is 0.391. The molecule has 4 heteroatoms. The van der Waals surface area contributed by atoms with Gasteiger partial charge in [0.05, 0.1) is 11.4 Å². The molecule has 2 aromatic heterocycles. The molecule has 80 valence electrons. The maximum Gasteiger partial charge on any atom is 0.126 e. The van der Waals surface area contributed by atoms with Gasteiger partial charge in [-0.15, -0.1) is 0 Å². The lowest BCUT2D eigenvalue weighted by Crippen LogP contribution is -1.96. The van der Waals surface area contributed by atoms with Gasteiger partial charge in [-0.1, -0.05) is 13.8 Å². The first-order chi connectivity index (χ1) is 7.00. The summed E-state index contributed by atoms with van der Waals surface area (Å²) < 4.78 is 1.87. The van der Waals surface area contributed by atoms with Gasteiger partial charge in [-0.3, -0.25) is 4.68 Å². The summed E-state index contributed by atoms with van der Waals surface area (Å²) in [7, 11) is 1.94. The largest absolute Gasteiger partial charge is 0.264 e. The van der Waals surface area contributed by atoms with Crippen molar-refractivity contribution in [2.24, 2.45) is 7.05 Å². The average molecular weight is 204 g/mol. The van der Waals surface area contributed by atoms with Gasteiger partial charge < -0.3 is 0 Å². The molecule has 0 aliphatic rings. The summed E-state index contributed by atoms with van der Waals surface area (Å²) in [6, 6.07) is 0. The molecule has 0 aromatic carbocycles. The maximum absolute atomic E-state index is 4.51. The summed E-state index contributed by atoms with van der Waals surface area (Å²) in [6.07, 6.45) is 0. The van der Waals surface area contributed by atoms with E-state index >= 15 is 0 Å². The second kappa shape index (κ2) is 3.29. The molecule has 0 bridgehead atoms. The van der Waals surface area contributed by atoms with Crippen LogP contribution in [0.15, 0.2) is 0 Å². The molecule has 4 nitrogen and oxygen atoms in total. The fraction of sp³-hybridized carbons (Fsp3) is 0.545. The Morgan fingerprint density at radius 1 is 1.13 bits per heavy atom. The van der Waals surface area contributed by atoms with Gasteiger partial charge in [0.25, 0.3) is 0 Å². The first kappa shape index (κ1) is 10.1. The summed E-state index contributed by atoms with van der Waals surface area (Å²) in [5.74, 6) is 1.21. The molecule has 0 radical (unpaired) electrons. The highest BCUT2D eigenvalue weighted by Crippen LogP contribution is 2.23. The van der Waals surface area contributed by atoms with Gasteiger partial charge in [-0.05, 0) is 19.8 Å². The molecule has 0 fully saturated rings. The molecule has 0 saturated heterocycles. The van der Waals surface area contributed by atoms with Crippen molar-refractivity contribution in [3.8, 4) is 0 Å². The Labute approximate surface area is 89.3 Å². The smallest absolute Gasteiger partial charge is 0.126 e. The lowest BCUT2D eigenvalue weighted by molar-refractivity contribution is 0.727. The second-order valence-electron chi connectivity index (χ2n) is 4.22. The molecule has 2 aromatic rings. The van der Waals surface area contributed by atoms with E-state index < -0.39 is 0 Å². The van der Waals surface area contributed by atoms with Gasteiger partial charge in [0.2, 0.25) is 0 Å². The lowest BCUT2D eigenvalue weighted by atomic mass is 10.1. The highest BCUT2D eigenvalue weighted by molar-refractivity contribution is 5.80. The normalized spacial score (nSPS) is 11.6. The highest BCUT2D eigenvalue weighted by atomic mass is 15.3. The summed E-state index contributed by atoms with van der Waals surface area (Å²) in [5.41, 5.74) is 4.10. The van der Waals surface area contributed by atoms with Crippen LogP contribution in [0, 0.1) is 13.8 Å². The van der Waals surface area contributed by atoms with Crippen LogP contribution in [-0.2, 0) is 7.05 Å². The van der Waals surface area contributed by atoms with Crippen molar-refractivity contribution < 1.29 is 0 Å². The van der Waals surface area contributed by atoms with Crippen LogP contribution < -0.4 is 0 Å². The summed E-state index contributed by atoms with van der Waals surface area (Å²) in [6.45, 7) is 8.19. The fourth-order valence-electron chi connectivity index (χ4n) is 1.92. The van der Waals surface area contributed by atoms with Crippen LogP contribution >= 0.6 is 0 Å². The number of nitrogens with zero attached hydrogens (tertiary/aromatic N) is 4. The molecular formula is C11H16N4. The van der Waals surface area contributed by atoms with Gasteiger partial charge >= 0.3 is 0 Å². The highest BCUT2D eigenvalue weighted by Gasteiger charge is 2.15. The molecule has 0 aliphatic heterocycles. The Hall–Kier alpha value is -1.45. The molecule has 2 heterocycles. The Kier molecular flexibility index (Phi) is 2.21. The van der Waals surface area contributed by atoms with E-state index in [1.807, 2.05) is 25.6 Å². The topological polar surface area (TPSA) is 43.6 Å². The van der Waals surface area contributed by atoms with E-state index in [4.69, 9.17) is 0 Å². The average Bonchev–Trinajstić information content (AvgIpc) is 2.42. The first-order valence-corrected chi connectivity index (χ1v) is 5.18. The minimum Gasteiger partial charge on any atom is -0.264 e. The third-order valence-electron chi connectivity index (χ3n) is 2.54. The van der Waals surface area contributed by atoms with E-state index in [2.05, 4.69) is 28.9 Å². The number of hydrogen-bond donors (Lipinski definition) is 0. The molecule has 0 amide bonds. The molecule has 0 saturated carbocycles. The maximum atomic E-state index is 4.51. The van der Waals surface area contributed by atoms with Gasteiger partial charge in [-0.2, -0.15) is 5.10 Å². The third-order valence-corrected chi connectivity index (χ3v) is 2.54. The summed E-state index contributed by atoms with van der Waals surface area (Å²) >= 11 is 0. The zero-order valence-corrected chi connectivity index (χ0v) is 9.87. The zero-order chi connectivity index (χ0) is 11.2. The third kappa shape index (κ3) is 1.50. The Balaban J connectivity index is 2.87. The summed E-state index contributed by atoms with van der Waals surface area (Å²) in [4.78, 5) is 8.85. The van der Waals surface area contributed by atoms with Crippen LogP contribution in [0.4, 0.5) is 0 Å². The number of hydrogen-bond acceptors (Lipinski definition) is 3. The van der Waals surface area contributed by atoms with Crippen molar-refractivity contribution in [2.45, 2.75) is 33.6 Å². The van der Waals surface area contributed by atoms with E-state index in [0.29, 0.717) is 5.92 Å². The molecule has 0 unspecified atom stereocenters. The number of fused-ring (bicyclic) bond motifs is 1. The minimum absolute atomic E-state index is 0.391. The standard InChI is InChI=1S/C11H16N4/c1-6(2)9-10-11(15(5)14-9)7(3)12-8(4)13-10/h6H,1-5H3. The Morgan fingerprint density at radius 3 is 2.40 bits per heavy atom. The molecular weight excluding hydrogens is 188 g/mol. The van der Waals surface area contributed by atoms with Gasteiger partial charge in [0.1, 0.15) is 16.9 Å². The van der Waals surface area contributed by atoms with E-state index in [-0.39, 0.29) is 0 Å². The van der Waals surface area contributed by atoms with E-state index in [1.54, 1.807) is 0 Å². The number of rotatable bonds is 1. The predicted molar refractivity (Wildman–Crippen MR) is 59.9 cm³/mol. The van der Waals surface area contributed by atoms with E-state index in [1.165, 1.54) is 0 Å². The van der Waals surface area contributed by atoms with Crippen molar-refractivity contribution in [3.05, 3.63) is 17.2 Å². The van der Waals surface area contributed by atoms with Crippen molar-refractivity contribution in [1.29, 1.82) is 0 Å². The van der Waals surface area contributed by atoms with Crippen molar-refractivity contribution in [2.75, 3.05) is 0 Å². The van der Waals surface area contributed by atoms with Crippen LogP contribution in [0.3, 0.4) is 0 Å². The molecule has 0 aliphatic carbocycles. The fourth-order valence-corrected chi connectivity index (χ4v) is 1.92. The van der Waals surface area contributed by atoms with Crippen LogP contribution in [0.1, 0.15) is 37.0 Å². The monoisotopic (exact) mass is 204 g/mol.